The Morgan fingerprint density at radius 2 is 1.93 bits per heavy atom. The molecule has 0 aliphatic rings. The molecular formula is C24H29N3O2. The fourth-order valence-electron chi connectivity index (χ4n) is 3.47. The fourth-order valence-corrected chi connectivity index (χ4v) is 3.47. The lowest BCUT2D eigenvalue weighted by atomic mass is 10.1. The van der Waals surface area contributed by atoms with Gasteiger partial charge >= 0.3 is 0 Å². The van der Waals surface area contributed by atoms with Crippen LogP contribution >= 0.6 is 0 Å². The van der Waals surface area contributed by atoms with Crippen LogP contribution in [0.4, 0.5) is 0 Å². The van der Waals surface area contributed by atoms with Crippen molar-refractivity contribution in [1.29, 1.82) is 0 Å². The third kappa shape index (κ3) is 6.04. The number of benzene rings is 2. The van der Waals surface area contributed by atoms with Gasteiger partial charge in [-0.1, -0.05) is 55.8 Å². The zero-order chi connectivity index (χ0) is 20.5. The average molecular weight is 392 g/mol. The molecule has 29 heavy (non-hydrogen) atoms. The maximum absolute atomic E-state index is 11.1. The minimum Gasteiger partial charge on any atom is -0.361 e. The molecule has 0 unspecified atom stereocenters. The Bertz CT molecular complexity index is 944. The van der Waals surface area contributed by atoms with E-state index in [1.54, 1.807) is 11.6 Å². The average Bonchev–Trinajstić information content (AvgIpc) is 3.18. The van der Waals surface area contributed by atoms with Crippen molar-refractivity contribution < 1.29 is 10.0 Å². The SMILES string of the molecule is CCCCN(CCc1c[nH]c2ccccc12)Cc1ccc(/C=C/C(=O)NO)cc1. The van der Waals surface area contributed by atoms with Crippen LogP contribution in [0, 0.1) is 0 Å². The number of unbranched alkanes of at least 4 members (excludes halogenated alkanes) is 1. The monoisotopic (exact) mass is 391 g/mol. The lowest BCUT2D eigenvalue weighted by molar-refractivity contribution is -0.124. The van der Waals surface area contributed by atoms with E-state index < -0.39 is 5.91 Å². The minimum absolute atomic E-state index is 0.530. The molecule has 5 nitrogen and oxygen atoms in total. The number of nitrogens with one attached hydrogen (secondary N) is 2. The molecule has 0 atom stereocenters. The van der Waals surface area contributed by atoms with Gasteiger partial charge in [0.1, 0.15) is 0 Å². The summed E-state index contributed by atoms with van der Waals surface area (Å²) in [4.78, 5) is 17.0. The molecule has 1 aromatic heterocycles. The second kappa shape index (κ2) is 10.6. The molecule has 152 valence electrons. The smallest absolute Gasteiger partial charge is 0.267 e. The molecule has 2 aromatic carbocycles. The lowest BCUT2D eigenvalue weighted by Gasteiger charge is -2.22. The molecule has 0 bridgehead atoms. The van der Waals surface area contributed by atoms with E-state index in [1.807, 2.05) is 12.1 Å². The number of aromatic amines is 1. The lowest BCUT2D eigenvalue weighted by Crippen LogP contribution is -2.26. The third-order valence-corrected chi connectivity index (χ3v) is 5.12. The quantitative estimate of drug-likeness (QED) is 0.270. The van der Waals surface area contributed by atoms with Gasteiger partial charge in [-0.15, -0.1) is 0 Å². The highest BCUT2D eigenvalue weighted by Gasteiger charge is 2.09. The van der Waals surface area contributed by atoms with E-state index in [1.165, 1.54) is 40.9 Å². The summed E-state index contributed by atoms with van der Waals surface area (Å²) in [5.41, 5.74) is 6.34. The molecule has 1 amide bonds. The van der Waals surface area contributed by atoms with Crippen LogP contribution in [-0.2, 0) is 17.8 Å². The van der Waals surface area contributed by atoms with Crippen molar-refractivity contribution in [3.8, 4) is 0 Å². The van der Waals surface area contributed by atoms with Gasteiger partial charge in [0.05, 0.1) is 0 Å². The second-order valence-corrected chi connectivity index (χ2v) is 7.29. The van der Waals surface area contributed by atoms with Crippen LogP contribution < -0.4 is 5.48 Å². The normalized spacial score (nSPS) is 11.6. The standard InChI is InChI=1S/C24H29N3O2/c1-2-3-15-27(16-14-21-17-25-23-7-5-4-6-22(21)23)18-20-10-8-19(9-11-20)12-13-24(28)26-29/h4-13,17,25,29H,2-3,14-16,18H2,1H3,(H,26,28)/b13-12+. The number of carbonyl (C=O) groups is 1. The topological polar surface area (TPSA) is 68.4 Å². The Hall–Kier alpha value is -2.89. The molecule has 3 N–H and O–H groups in total. The number of aromatic nitrogens is 1. The highest BCUT2D eigenvalue weighted by Crippen LogP contribution is 2.19. The van der Waals surface area contributed by atoms with Crippen molar-refractivity contribution >= 4 is 22.9 Å². The molecule has 0 saturated heterocycles. The van der Waals surface area contributed by atoms with Crippen LogP contribution in [0.15, 0.2) is 60.8 Å². The summed E-state index contributed by atoms with van der Waals surface area (Å²) in [6.45, 7) is 5.22. The van der Waals surface area contributed by atoms with Gasteiger partial charge in [-0.2, -0.15) is 0 Å². The number of nitrogens with zero attached hydrogens (tertiary/aromatic N) is 1. The van der Waals surface area contributed by atoms with Crippen LogP contribution in [-0.4, -0.2) is 34.1 Å². The maximum atomic E-state index is 11.1. The molecule has 3 rings (SSSR count). The number of fused-ring (bicyclic) bond motifs is 1. The van der Waals surface area contributed by atoms with E-state index >= 15 is 0 Å². The van der Waals surface area contributed by atoms with Gasteiger partial charge in [0.2, 0.25) is 0 Å². The third-order valence-electron chi connectivity index (χ3n) is 5.12. The van der Waals surface area contributed by atoms with Gasteiger partial charge in [0.15, 0.2) is 0 Å². The highest BCUT2D eigenvalue weighted by atomic mass is 16.5. The number of hydroxylamine groups is 1. The van der Waals surface area contributed by atoms with Crippen molar-refractivity contribution in [3.05, 3.63) is 77.5 Å². The number of amides is 1. The zero-order valence-corrected chi connectivity index (χ0v) is 16.9. The fraction of sp³-hybridized carbons (Fsp3) is 0.292. The molecular weight excluding hydrogens is 362 g/mol. The number of rotatable bonds is 10. The van der Waals surface area contributed by atoms with Crippen LogP contribution in [0.2, 0.25) is 0 Å². The van der Waals surface area contributed by atoms with Crippen LogP contribution in [0.25, 0.3) is 17.0 Å². The Morgan fingerprint density at radius 3 is 2.69 bits per heavy atom. The van der Waals surface area contributed by atoms with Gasteiger partial charge in [0.25, 0.3) is 5.91 Å². The van der Waals surface area contributed by atoms with Crippen molar-refractivity contribution in [2.45, 2.75) is 32.7 Å². The molecule has 0 aliphatic carbocycles. The van der Waals surface area contributed by atoms with E-state index in [0.29, 0.717) is 0 Å². The van der Waals surface area contributed by atoms with Crippen LogP contribution in [0.3, 0.4) is 0 Å². The maximum Gasteiger partial charge on any atom is 0.267 e. The van der Waals surface area contributed by atoms with E-state index in [-0.39, 0.29) is 0 Å². The molecule has 0 radical (unpaired) electrons. The van der Waals surface area contributed by atoms with E-state index in [2.05, 4.69) is 59.4 Å². The van der Waals surface area contributed by atoms with Crippen LogP contribution in [0.1, 0.15) is 36.5 Å². The first-order valence-corrected chi connectivity index (χ1v) is 10.2. The second-order valence-electron chi connectivity index (χ2n) is 7.29. The number of para-hydroxylation sites is 1. The predicted molar refractivity (Wildman–Crippen MR) is 118 cm³/mol. The molecule has 1 heterocycles. The van der Waals surface area contributed by atoms with Crippen molar-refractivity contribution in [3.63, 3.8) is 0 Å². The number of hydrogen-bond donors (Lipinski definition) is 3. The predicted octanol–water partition coefficient (Wildman–Crippen LogP) is 4.53. The first-order valence-electron chi connectivity index (χ1n) is 10.2. The largest absolute Gasteiger partial charge is 0.361 e. The van der Waals surface area contributed by atoms with Gasteiger partial charge in [-0.25, -0.2) is 5.48 Å². The summed E-state index contributed by atoms with van der Waals surface area (Å²) in [6, 6.07) is 16.6. The minimum atomic E-state index is -0.530. The van der Waals surface area contributed by atoms with Gasteiger partial charge in [-0.05, 0) is 48.2 Å². The van der Waals surface area contributed by atoms with Gasteiger partial charge in [0, 0.05) is 36.3 Å². The molecule has 0 saturated carbocycles. The molecule has 0 spiro atoms. The zero-order valence-electron chi connectivity index (χ0n) is 16.9. The summed E-state index contributed by atoms with van der Waals surface area (Å²) in [7, 11) is 0. The van der Waals surface area contributed by atoms with Crippen LogP contribution in [0.5, 0.6) is 0 Å². The van der Waals surface area contributed by atoms with E-state index in [0.717, 1.165) is 31.6 Å². The van der Waals surface area contributed by atoms with Gasteiger partial charge < -0.3 is 4.98 Å². The Balaban J connectivity index is 1.62. The highest BCUT2D eigenvalue weighted by molar-refractivity contribution is 5.90. The Kier molecular flexibility index (Phi) is 7.61. The van der Waals surface area contributed by atoms with Crippen molar-refractivity contribution in [2.75, 3.05) is 13.1 Å². The molecule has 3 aromatic rings. The summed E-state index contributed by atoms with van der Waals surface area (Å²) in [5.74, 6) is -0.530. The number of H-pyrrole nitrogens is 1. The summed E-state index contributed by atoms with van der Waals surface area (Å²) >= 11 is 0. The number of hydrogen-bond acceptors (Lipinski definition) is 3. The molecule has 0 fully saturated rings. The molecule has 0 aliphatic heterocycles. The summed E-state index contributed by atoms with van der Waals surface area (Å²) in [5, 5.41) is 9.86. The summed E-state index contributed by atoms with van der Waals surface area (Å²) < 4.78 is 0. The van der Waals surface area contributed by atoms with Crippen molar-refractivity contribution in [2.24, 2.45) is 0 Å². The first kappa shape index (κ1) is 20.8. The Morgan fingerprint density at radius 1 is 1.14 bits per heavy atom. The Labute approximate surface area is 172 Å². The van der Waals surface area contributed by atoms with E-state index in [9.17, 15) is 4.79 Å². The summed E-state index contributed by atoms with van der Waals surface area (Å²) in [6.07, 6.45) is 8.51. The number of carbonyl (C=O) groups excluding carboxylic acids is 1. The van der Waals surface area contributed by atoms with Crippen molar-refractivity contribution in [1.82, 2.24) is 15.4 Å². The molecule has 5 heteroatoms. The first-order chi connectivity index (χ1) is 14.2. The van der Waals surface area contributed by atoms with E-state index in [4.69, 9.17) is 5.21 Å². The van der Waals surface area contributed by atoms with Gasteiger partial charge in [-0.3, -0.25) is 14.9 Å².